The number of nitrogens with one attached hydrogen (secondary N) is 2. The quantitative estimate of drug-likeness (QED) is 0.830. The summed E-state index contributed by atoms with van der Waals surface area (Å²) in [6.07, 6.45) is 7.54. The van der Waals surface area contributed by atoms with Gasteiger partial charge in [-0.25, -0.2) is 4.79 Å². The molecule has 0 heterocycles. The normalized spacial score (nSPS) is 38.0. The molecule has 0 radical (unpaired) electrons. The van der Waals surface area contributed by atoms with E-state index < -0.39 is 0 Å². The Bertz CT molecular complexity index is 381. The van der Waals surface area contributed by atoms with Crippen molar-refractivity contribution in [2.45, 2.75) is 57.9 Å². The molecule has 4 fully saturated rings. The lowest BCUT2D eigenvalue weighted by Gasteiger charge is -2.56. The fourth-order valence-electron chi connectivity index (χ4n) is 4.92. The van der Waals surface area contributed by atoms with Gasteiger partial charge in [-0.15, -0.1) is 0 Å². The van der Waals surface area contributed by atoms with Gasteiger partial charge < -0.3 is 10.6 Å². The first-order valence-electron chi connectivity index (χ1n) is 8.04. The van der Waals surface area contributed by atoms with Crippen molar-refractivity contribution in [1.29, 1.82) is 0 Å². The molecule has 0 aromatic rings. The van der Waals surface area contributed by atoms with Gasteiger partial charge in [-0.3, -0.25) is 4.79 Å². The maximum absolute atomic E-state index is 12.1. The predicted molar refractivity (Wildman–Crippen MR) is 77.3 cm³/mol. The molecule has 0 aliphatic heterocycles. The second-order valence-corrected chi connectivity index (χ2v) is 7.63. The molecule has 4 rings (SSSR count). The Kier molecular flexibility index (Phi) is 3.51. The number of carbonyl (C=O) groups excluding carboxylic acids is 2. The van der Waals surface area contributed by atoms with Crippen LogP contribution in [0.15, 0.2) is 0 Å². The van der Waals surface area contributed by atoms with Gasteiger partial charge in [0, 0.05) is 11.5 Å². The summed E-state index contributed by atoms with van der Waals surface area (Å²) in [6, 6.07) is -0.152. The number of amides is 2. The lowest BCUT2D eigenvalue weighted by molar-refractivity contribution is -0.120. The highest BCUT2D eigenvalue weighted by Crippen LogP contribution is 2.55. The first kappa shape index (κ1) is 13.9. The maximum atomic E-state index is 12.1. The van der Waals surface area contributed by atoms with Gasteiger partial charge in [0.05, 0.1) is 6.54 Å². The molecule has 112 valence electrons. The van der Waals surface area contributed by atoms with Crippen LogP contribution in [0.2, 0.25) is 0 Å². The van der Waals surface area contributed by atoms with Crippen LogP contribution in [0.4, 0.5) is 4.79 Å². The van der Waals surface area contributed by atoms with E-state index in [4.69, 9.17) is 0 Å². The topological polar surface area (TPSA) is 58.2 Å². The SMILES string of the molecule is CC(C)C(=O)CNC(=O)NC12CC3CC(CC(C3)C1)C2. The average Bonchev–Trinajstić information content (AvgIpc) is 2.33. The molecular formula is C16H26N2O2. The molecule has 4 bridgehead atoms. The van der Waals surface area contributed by atoms with E-state index in [0.29, 0.717) is 0 Å². The van der Waals surface area contributed by atoms with Crippen LogP contribution < -0.4 is 10.6 Å². The van der Waals surface area contributed by atoms with Gasteiger partial charge in [0.1, 0.15) is 0 Å². The summed E-state index contributed by atoms with van der Waals surface area (Å²) < 4.78 is 0. The predicted octanol–water partition coefficient (Wildman–Crippen LogP) is 2.48. The molecule has 0 atom stereocenters. The van der Waals surface area contributed by atoms with Gasteiger partial charge >= 0.3 is 6.03 Å². The third kappa shape index (κ3) is 2.70. The zero-order valence-electron chi connectivity index (χ0n) is 12.6. The van der Waals surface area contributed by atoms with E-state index in [1.165, 1.54) is 19.3 Å². The molecule has 4 saturated carbocycles. The van der Waals surface area contributed by atoms with Crippen molar-refractivity contribution >= 4 is 11.8 Å². The van der Waals surface area contributed by atoms with Crippen LogP contribution in [-0.2, 0) is 4.79 Å². The van der Waals surface area contributed by atoms with Crippen molar-refractivity contribution < 1.29 is 9.59 Å². The summed E-state index contributed by atoms with van der Waals surface area (Å²) in [7, 11) is 0. The number of urea groups is 1. The highest BCUT2D eigenvalue weighted by atomic mass is 16.2. The maximum Gasteiger partial charge on any atom is 0.315 e. The minimum Gasteiger partial charge on any atom is -0.333 e. The second kappa shape index (κ2) is 5.05. The molecule has 4 heteroatoms. The van der Waals surface area contributed by atoms with Crippen LogP contribution in [0.3, 0.4) is 0 Å². The molecule has 0 aromatic heterocycles. The molecule has 20 heavy (non-hydrogen) atoms. The minimum absolute atomic E-state index is 0.0187. The minimum atomic E-state index is -0.152. The van der Waals surface area contributed by atoms with Crippen molar-refractivity contribution in [3.05, 3.63) is 0 Å². The molecule has 2 amide bonds. The lowest BCUT2D eigenvalue weighted by atomic mass is 9.53. The zero-order chi connectivity index (χ0) is 14.3. The number of hydrogen-bond acceptors (Lipinski definition) is 2. The number of carbonyl (C=O) groups is 2. The molecule has 0 spiro atoms. The largest absolute Gasteiger partial charge is 0.333 e. The van der Waals surface area contributed by atoms with Crippen LogP contribution in [0.5, 0.6) is 0 Å². The second-order valence-electron chi connectivity index (χ2n) is 7.63. The standard InChI is InChI=1S/C16H26N2O2/c1-10(2)14(19)9-17-15(20)18-16-6-11-3-12(7-16)5-13(4-11)8-16/h10-13H,3-9H2,1-2H3,(H2,17,18,20). The van der Waals surface area contributed by atoms with Gasteiger partial charge in [-0.1, -0.05) is 13.8 Å². The molecule has 0 saturated heterocycles. The highest BCUT2D eigenvalue weighted by Gasteiger charge is 2.51. The van der Waals surface area contributed by atoms with Crippen molar-refractivity contribution in [2.75, 3.05) is 6.54 Å². The van der Waals surface area contributed by atoms with E-state index in [1.807, 2.05) is 13.8 Å². The lowest BCUT2D eigenvalue weighted by Crippen LogP contribution is -2.61. The fraction of sp³-hybridized carbons (Fsp3) is 0.875. The molecule has 4 aliphatic rings. The summed E-state index contributed by atoms with van der Waals surface area (Å²) in [5.74, 6) is 2.53. The first-order chi connectivity index (χ1) is 9.46. The Labute approximate surface area is 121 Å². The van der Waals surface area contributed by atoms with Crippen LogP contribution in [-0.4, -0.2) is 23.9 Å². The van der Waals surface area contributed by atoms with Crippen molar-refractivity contribution in [3.63, 3.8) is 0 Å². The first-order valence-corrected chi connectivity index (χ1v) is 8.04. The van der Waals surface area contributed by atoms with E-state index in [9.17, 15) is 9.59 Å². The van der Waals surface area contributed by atoms with E-state index in [-0.39, 0.29) is 29.8 Å². The number of hydrogen-bond donors (Lipinski definition) is 2. The van der Waals surface area contributed by atoms with Crippen molar-refractivity contribution in [2.24, 2.45) is 23.7 Å². The molecule has 2 N–H and O–H groups in total. The van der Waals surface area contributed by atoms with Gasteiger partial charge in [0.25, 0.3) is 0 Å². The fourth-order valence-corrected chi connectivity index (χ4v) is 4.92. The van der Waals surface area contributed by atoms with Crippen LogP contribution in [0.25, 0.3) is 0 Å². The number of Topliss-reactive ketones (excluding diaryl/α,β-unsaturated/α-hetero) is 1. The molecule has 0 aromatic carbocycles. The number of ketones is 1. The Morgan fingerprint density at radius 1 is 1.05 bits per heavy atom. The van der Waals surface area contributed by atoms with Gasteiger partial charge in [-0.05, 0) is 56.3 Å². The third-order valence-corrected chi connectivity index (χ3v) is 5.48. The molecule has 4 nitrogen and oxygen atoms in total. The van der Waals surface area contributed by atoms with Gasteiger partial charge in [-0.2, -0.15) is 0 Å². The van der Waals surface area contributed by atoms with E-state index in [0.717, 1.165) is 37.0 Å². The van der Waals surface area contributed by atoms with Crippen molar-refractivity contribution in [1.82, 2.24) is 10.6 Å². The zero-order valence-corrected chi connectivity index (χ0v) is 12.6. The molecular weight excluding hydrogens is 252 g/mol. The van der Waals surface area contributed by atoms with E-state index in [1.54, 1.807) is 0 Å². The van der Waals surface area contributed by atoms with Gasteiger partial charge in [0.2, 0.25) is 0 Å². The monoisotopic (exact) mass is 278 g/mol. The Balaban J connectivity index is 1.55. The van der Waals surface area contributed by atoms with Gasteiger partial charge in [0.15, 0.2) is 5.78 Å². The molecule has 4 aliphatic carbocycles. The Morgan fingerprint density at radius 2 is 1.55 bits per heavy atom. The molecule has 0 unspecified atom stereocenters. The smallest absolute Gasteiger partial charge is 0.315 e. The Morgan fingerprint density at radius 3 is 2.00 bits per heavy atom. The summed E-state index contributed by atoms with van der Waals surface area (Å²) in [5.41, 5.74) is 0.0275. The third-order valence-electron chi connectivity index (χ3n) is 5.48. The van der Waals surface area contributed by atoms with Crippen molar-refractivity contribution in [3.8, 4) is 0 Å². The number of rotatable bonds is 4. The summed E-state index contributed by atoms with van der Waals surface area (Å²) in [4.78, 5) is 23.6. The summed E-state index contributed by atoms with van der Waals surface area (Å²) in [6.45, 7) is 3.87. The van der Waals surface area contributed by atoms with Crippen LogP contribution in [0.1, 0.15) is 52.4 Å². The highest BCUT2D eigenvalue weighted by molar-refractivity contribution is 5.86. The van der Waals surface area contributed by atoms with E-state index in [2.05, 4.69) is 10.6 Å². The summed E-state index contributed by atoms with van der Waals surface area (Å²) in [5, 5.41) is 5.96. The van der Waals surface area contributed by atoms with Crippen LogP contribution >= 0.6 is 0 Å². The van der Waals surface area contributed by atoms with E-state index >= 15 is 0 Å². The average molecular weight is 278 g/mol. The van der Waals surface area contributed by atoms with Crippen LogP contribution in [0, 0.1) is 23.7 Å². The Hall–Kier alpha value is -1.06. The summed E-state index contributed by atoms with van der Waals surface area (Å²) >= 11 is 0.